The summed E-state index contributed by atoms with van der Waals surface area (Å²) < 4.78 is 1.90. The van der Waals surface area contributed by atoms with Crippen LogP contribution in [0.15, 0.2) is 42.7 Å². The van der Waals surface area contributed by atoms with Crippen molar-refractivity contribution in [3.05, 3.63) is 48.3 Å². The highest BCUT2D eigenvalue weighted by molar-refractivity contribution is 5.57. The summed E-state index contributed by atoms with van der Waals surface area (Å²) in [4.78, 5) is 0. The molecule has 1 aromatic carbocycles. The second-order valence-electron chi connectivity index (χ2n) is 3.14. The van der Waals surface area contributed by atoms with Crippen molar-refractivity contribution in [2.24, 2.45) is 0 Å². The maximum atomic E-state index is 8.92. The molecule has 72 valence electrons. The van der Waals surface area contributed by atoms with Gasteiger partial charge >= 0.3 is 0 Å². The van der Waals surface area contributed by atoms with E-state index in [4.69, 9.17) is 10.8 Å². The molecule has 0 atom stereocenters. The molecular weight excluding hydrogens is 176 g/mol. The van der Waals surface area contributed by atoms with Crippen molar-refractivity contribution in [2.45, 2.75) is 6.61 Å². The zero-order chi connectivity index (χ0) is 9.97. The van der Waals surface area contributed by atoms with Crippen molar-refractivity contribution >= 4 is 5.69 Å². The first-order valence-electron chi connectivity index (χ1n) is 4.44. The molecule has 1 aromatic heterocycles. The van der Waals surface area contributed by atoms with Crippen LogP contribution in [0.1, 0.15) is 5.56 Å². The van der Waals surface area contributed by atoms with Gasteiger partial charge in [-0.15, -0.1) is 0 Å². The number of hydrogen-bond acceptors (Lipinski definition) is 2. The van der Waals surface area contributed by atoms with Crippen LogP contribution < -0.4 is 5.73 Å². The van der Waals surface area contributed by atoms with Gasteiger partial charge < -0.3 is 15.4 Å². The van der Waals surface area contributed by atoms with Gasteiger partial charge in [-0.1, -0.05) is 12.1 Å². The van der Waals surface area contributed by atoms with Gasteiger partial charge in [0.1, 0.15) is 0 Å². The molecule has 1 heterocycles. The van der Waals surface area contributed by atoms with Gasteiger partial charge in [-0.3, -0.25) is 0 Å². The minimum Gasteiger partial charge on any atom is -0.397 e. The van der Waals surface area contributed by atoms with Crippen molar-refractivity contribution in [1.82, 2.24) is 4.57 Å². The predicted molar refractivity (Wildman–Crippen MR) is 56.1 cm³/mol. The maximum Gasteiger partial charge on any atom is 0.0696 e. The Morgan fingerprint density at radius 1 is 1.21 bits per heavy atom. The monoisotopic (exact) mass is 188 g/mol. The number of nitrogens with two attached hydrogens (primary N) is 1. The molecule has 2 aromatic rings. The van der Waals surface area contributed by atoms with E-state index in [0.29, 0.717) is 0 Å². The van der Waals surface area contributed by atoms with Crippen LogP contribution in [0.2, 0.25) is 0 Å². The molecule has 0 saturated carbocycles. The molecule has 0 aliphatic heterocycles. The van der Waals surface area contributed by atoms with E-state index in [1.54, 1.807) is 0 Å². The molecule has 0 radical (unpaired) electrons. The Morgan fingerprint density at radius 3 is 2.64 bits per heavy atom. The van der Waals surface area contributed by atoms with Crippen LogP contribution >= 0.6 is 0 Å². The lowest BCUT2D eigenvalue weighted by molar-refractivity contribution is 0.282. The fourth-order valence-corrected chi connectivity index (χ4v) is 1.41. The number of rotatable bonds is 2. The minimum absolute atomic E-state index is 0.0553. The summed E-state index contributed by atoms with van der Waals surface area (Å²) in [6, 6.07) is 9.50. The number of anilines is 1. The van der Waals surface area contributed by atoms with Crippen molar-refractivity contribution in [1.29, 1.82) is 0 Å². The Hall–Kier alpha value is -1.74. The zero-order valence-electron chi connectivity index (χ0n) is 7.72. The van der Waals surface area contributed by atoms with Gasteiger partial charge in [-0.2, -0.15) is 0 Å². The van der Waals surface area contributed by atoms with Crippen LogP contribution in [0.25, 0.3) is 5.69 Å². The lowest BCUT2D eigenvalue weighted by atomic mass is 10.3. The third kappa shape index (κ3) is 1.49. The number of benzene rings is 1. The highest BCUT2D eigenvalue weighted by atomic mass is 16.3. The molecular formula is C11H12N2O. The molecule has 3 N–H and O–H groups in total. The van der Waals surface area contributed by atoms with Gasteiger partial charge in [0.05, 0.1) is 18.0 Å². The number of para-hydroxylation sites is 2. The van der Waals surface area contributed by atoms with E-state index in [-0.39, 0.29) is 6.61 Å². The number of hydrogen-bond donors (Lipinski definition) is 2. The van der Waals surface area contributed by atoms with Crippen LogP contribution in [0.3, 0.4) is 0 Å². The van der Waals surface area contributed by atoms with E-state index in [2.05, 4.69) is 0 Å². The Labute approximate surface area is 82.4 Å². The summed E-state index contributed by atoms with van der Waals surface area (Å²) >= 11 is 0. The Morgan fingerprint density at radius 2 is 2.00 bits per heavy atom. The summed E-state index contributed by atoms with van der Waals surface area (Å²) in [5, 5.41) is 8.92. The molecule has 0 aliphatic carbocycles. The minimum atomic E-state index is 0.0553. The van der Waals surface area contributed by atoms with Gasteiger partial charge in [0.25, 0.3) is 0 Å². The van der Waals surface area contributed by atoms with Gasteiger partial charge in [0, 0.05) is 12.4 Å². The zero-order valence-corrected chi connectivity index (χ0v) is 7.72. The van der Waals surface area contributed by atoms with Crippen LogP contribution in [-0.2, 0) is 6.61 Å². The standard InChI is InChI=1S/C11H12N2O/c12-10-3-1-2-4-11(10)13-6-5-9(7-13)8-14/h1-7,14H,8,12H2. The fourth-order valence-electron chi connectivity index (χ4n) is 1.41. The van der Waals surface area contributed by atoms with Crippen LogP contribution in [-0.4, -0.2) is 9.67 Å². The largest absolute Gasteiger partial charge is 0.397 e. The second kappa shape index (κ2) is 3.55. The van der Waals surface area contributed by atoms with Gasteiger partial charge in [0.15, 0.2) is 0 Å². The summed E-state index contributed by atoms with van der Waals surface area (Å²) in [5.74, 6) is 0. The molecule has 3 nitrogen and oxygen atoms in total. The average molecular weight is 188 g/mol. The van der Waals surface area contributed by atoms with Crippen LogP contribution in [0.4, 0.5) is 5.69 Å². The summed E-state index contributed by atoms with van der Waals surface area (Å²) in [5.41, 5.74) is 8.37. The Kier molecular flexibility index (Phi) is 2.24. The first-order chi connectivity index (χ1) is 6.81. The smallest absolute Gasteiger partial charge is 0.0696 e. The van der Waals surface area contributed by atoms with Crippen molar-refractivity contribution in [2.75, 3.05) is 5.73 Å². The second-order valence-corrected chi connectivity index (χ2v) is 3.14. The van der Waals surface area contributed by atoms with E-state index < -0.39 is 0 Å². The summed E-state index contributed by atoms with van der Waals surface area (Å²) in [7, 11) is 0. The molecule has 0 spiro atoms. The van der Waals surface area contributed by atoms with Gasteiger partial charge in [-0.05, 0) is 23.8 Å². The number of aliphatic hydroxyl groups excluding tert-OH is 1. The third-order valence-electron chi connectivity index (χ3n) is 2.15. The number of aromatic nitrogens is 1. The topological polar surface area (TPSA) is 51.2 Å². The Bertz CT molecular complexity index is 434. The van der Waals surface area contributed by atoms with Gasteiger partial charge in [-0.25, -0.2) is 0 Å². The van der Waals surface area contributed by atoms with E-state index in [0.717, 1.165) is 16.9 Å². The third-order valence-corrected chi connectivity index (χ3v) is 2.15. The highest BCUT2D eigenvalue weighted by Crippen LogP contribution is 2.17. The van der Waals surface area contributed by atoms with E-state index >= 15 is 0 Å². The molecule has 3 heteroatoms. The first-order valence-corrected chi connectivity index (χ1v) is 4.44. The van der Waals surface area contributed by atoms with E-state index in [1.807, 2.05) is 47.3 Å². The summed E-state index contributed by atoms with van der Waals surface area (Å²) in [6.07, 6.45) is 3.75. The highest BCUT2D eigenvalue weighted by Gasteiger charge is 2.00. The van der Waals surface area contributed by atoms with Crippen molar-refractivity contribution < 1.29 is 5.11 Å². The predicted octanol–water partition coefficient (Wildman–Crippen LogP) is 1.55. The molecule has 2 rings (SSSR count). The Balaban J connectivity index is 2.44. The number of nitrogen functional groups attached to an aromatic ring is 1. The molecule has 14 heavy (non-hydrogen) atoms. The quantitative estimate of drug-likeness (QED) is 0.702. The van der Waals surface area contributed by atoms with Crippen LogP contribution in [0, 0.1) is 0 Å². The normalized spacial score (nSPS) is 10.4. The van der Waals surface area contributed by atoms with Crippen LogP contribution in [0.5, 0.6) is 0 Å². The van der Waals surface area contributed by atoms with Crippen molar-refractivity contribution in [3.8, 4) is 5.69 Å². The number of aliphatic hydroxyl groups is 1. The average Bonchev–Trinajstić information content (AvgIpc) is 2.67. The molecule has 0 amide bonds. The van der Waals surface area contributed by atoms with E-state index in [1.165, 1.54) is 0 Å². The van der Waals surface area contributed by atoms with Gasteiger partial charge in [0.2, 0.25) is 0 Å². The van der Waals surface area contributed by atoms with E-state index in [9.17, 15) is 0 Å². The molecule has 0 bridgehead atoms. The van der Waals surface area contributed by atoms with Crippen molar-refractivity contribution in [3.63, 3.8) is 0 Å². The molecule has 0 unspecified atom stereocenters. The lowest BCUT2D eigenvalue weighted by Gasteiger charge is -2.05. The number of nitrogens with zero attached hydrogens (tertiary/aromatic N) is 1. The summed E-state index contributed by atoms with van der Waals surface area (Å²) in [6.45, 7) is 0.0553. The fraction of sp³-hybridized carbons (Fsp3) is 0.0909. The first kappa shape index (κ1) is 8.84. The SMILES string of the molecule is Nc1ccccc1-n1ccc(CO)c1. The molecule has 0 saturated heterocycles. The molecule has 0 fully saturated rings. The molecule has 0 aliphatic rings. The maximum absolute atomic E-state index is 8.92. The lowest BCUT2D eigenvalue weighted by Crippen LogP contribution is -1.96.